The zero-order valence-corrected chi connectivity index (χ0v) is 12.1. The van der Waals surface area contributed by atoms with Gasteiger partial charge in [-0.1, -0.05) is 25.1 Å². The molecule has 4 nitrogen and oxygen atoms in total. The van der Waals surface area contributed by atoms with Gasteiger partial charge in [0.15, 0.2) is 0 Å². The second kappa shape index (κ2) is 6.80. The summed E-state index contributed by atoms with van der Waals surface area (Å²) in [5, 5.41) is 0. The number of sulfonamides is 1. The maximum absolute atomic E-state index is 12.0. The fourth-order valence-corrected chi connectivity index (χ4v) is 3.30. The fourth-order valence-electron chi connectivity index (χ4n) is 1.42. The van der Waals surface area contributed by atoms with Crippen molar-refractivity contribution >= 4 is 27.7 Å². The standard InChI is InChI=1S/C12H17NO3S2/c1-3-17-9-8-12(14)13-18(15,16)11-7-5-4-6-10(11)2/h4-7H,3,8-9H2,1-2H3,(H,13,14). The summed E-state index contributed by atoms with van der Waals surface area (Å²) in [4.78, 5) is 11.7. The molecule has 0 saturated carbocycles. The van der Waals surface area contributed by atoms with Gasteiger partial charge in [-0.2, -0.15) is 11.8 Å². The molecule has 0 aliphatic rings. The summed E-state index contributed by atoms with van der Waals surface area (Å²) in [6, 6.07) is 6.59. The first-order valence-corrected chi connectivity index (χ1v) is 8.30. The molecule has 0 aliphatic carbocycles. The molecule has 1 aromatic carbocycles. The highest BCUT2D eigenvalue weighted by molar-refractivity contribution is 7.99. The first-order chi connectivity index (χ1) is 8.47. The Bertz CT molecular complexity index is 512. The molecule has 1 rings (SSSR count). The minimum Gasteiger partial charge on any atom is -0.274 e. The zero-order chi connectivity index (χ0) is 13.6. The minimum absolute atomic E-state index is 0.154. The molecular formula is C12H17NO3S2. The smallest absolute Gasteiger partial charge is 0.264 e. The van der Waals surface area contributed by atoms with Crippen molar-refractivity contribution in [1.82, 2.24) is 4.72 Å². The predicted octanol–water partition coefficient (Wildman–Crippen LogP) is 1.94. The number of hydrogen-bond donors (Lipinski definition) is 1. The van der Waals surface area contributed by atoms with Gasteiger partial charge in [-0.3, -0.25) is 4.79 Å². The second-order valence-electron chi connectivity index (χ2n) is 3.74. The van der Waals surface area contributed by atoms with Crippen LogP contribution in [0.25, 0.3) is 0 Å². The van der Waals surface area contributed by atoms with Gasteiger partial charge in [0.25, 0.3) is 10.0 Å². The van der Waals surface area contributed by atoms with Crippen molar-refractivity contribution in [3.8, 4) is 0 Å². The Kier molecular flexibility index (Phi) is 5.68. The SMILES string of the molecule is CCSCCC(=O)NS(=O)(=O)c1ccccc1C. The van der Waals surface area contributed by atoms with E-state index in [2.05, 4.69) is 4.72 Å². The first kappa shape index (κ1) is 15.0. The highest BCUT2D eigenvalue weighted by atomic mass is 32.2. The molecule has 6 heteroatoms. The number of thioether (sulfide) groups is 1. The van der Waals surface area contributed by atoms with E-state index < -0.39 is 15.9 Å². The molecule has 0 spiro atoms. The summed E-state index contributed by atoms with van der Waals surface area (Å²) < 4.78 is 26.0. The molecule has 1 amide bonds. The van der Waals surface area contributed by atoms with Gasteiger partial charge in [-0.05, 0) is 24.3 Å². The van der Waals surface area contributed by atoms with Gasteiger partial charge in [0, 0.05) is 12.2 Å². The second-order valence-corrected chi connectivity index (χ2v) is 6.79. The Morgan fingerprint density at radius 3 is 2.61 bits per heavy atom. The zero-order valence-electron chi connectivity index (χ0n) is 10.5. The third-order valence-electron chi connectivity index (χ3n) is 2.31. The van der Waals surface area contributed by atoms with E-state index in [1.54, 1.807) is 36.9 Å². The van der Waals surface area contributed by atoms with Crippen LogP contribution in [0.3, 0.4) is 0 Å². The Labute approximate surface area is 112 Å². The molecule has 18 heavy (non-hydrogen) atoms. The fraction of sp³-hybridized carbons (Fsp3) is 0.417. The summed E-state index contributed by atoms with van der Waals surface area (Å²) in [5.74, 6) is 1.09. The molecule has 0 heterocycles. The lowest BCUT2D eigenvalue weighted by Crippen LogP contribution is -2.31. The Morgan fingerprint density at radius 2 is 2.00 bits per heavy atom. The average Bonchev–Trinajstić information content (AvgIpc) is 2.29. The van der Waals surface area contributed by atoms with Gasteiger partial charge in [0.1, 0.15) is 0 Å². The molecule has 0 atom stereocenters. The van der Waals surface area contributed by atoms with Crippen molar-refractivity contribution < 1.29 is 13.2 Å². The third-order valence-corrected chi connectivity index (χ3v) is 4.74. The molecule has 0 saturated heterocycles. The number of hydrogen-bond acceptors (Lipinski definition) is 4. The van der Waals surface area contributed by atoms with Crippen molar-refractivity contribution in [3.05, 3.63) is 29.8 Å². The number of nitrogens with one attached hydrogen (secondary N) is 1. The molecule has 0 unspecified atom stereocenters. The number of benzene rings is 1. The van der Waals surface area contributed by atoms with E-state index in [-0.39, 0.29) is 11.3 Å². The highest BCUT2D eigenvalue weighted by Gasteiger charge is 2.18. The van der Waals surface area contributed by atoms with Crippen molar-refractivity contribution in [2.24, 2.45) is 0 Å². The summed E-state index contributed by atoms with van der Waals surface area (Å²) in [6.07, 6.45) is 0.212. The first-order valence-electron chi connectivity index (χ1n) is 5.66. The van der Waals surface area contributed by atoms with Gasteiger partial charge in [-0.15, -0.1) is 0 Å². The summed E-state index contributed by atoms with van der Waals surface area (Å²) in [7, 11) is -3.74. The summed E-state index contributed by atoms with van der Waals surface area (Å²) in [6.45, 7) is 3.69. The highest BCUT2D eigenvalue weighted by Crippen LogP contribution is 2.14. The van der Waals surface area contributed by atoms with Crippen LogP contribution in [0.15, 0.2) is 29.2 Å². The van der Waals surface area contributed by atoms with Gasteiger partial charge in [0.2, 0.25) is 5.91 Å². The molecule has 1 aromatic rings. The third kappa shape index (κ3) is 4.34. The van der Waals surface area contributed by atoms with E-state index in [4.69, 9.17) is 0 Å². The predicted molar refractivity (Wildman–Crippen MR) is 74.1 cm³/mol. The topological polar surface area (TPSA) is 63.2 Å². The van der Waals surface area contributed by atoms with Crippen molar-refractivity contribution in [1.29, 1.82) is 0 Å². The average molecular weight is 287 g/mol. The van der Waals surface area contributed by atoms with E-state index in [1.165, 1.54) is 6.07 Å². The monoisotopic (exact) mass is 287 g/mol. The van der Waals surface area contributed by atoms with Crippen LogP contribution in [0.5, 0.6) is 0 Å². The van der Waals surface area contributed by atoms with Crippen LogP contribution in [0, 0.1) is 6.92 Å². The van der Waals surface area contributed by atoms with E-state index in [1.807, 2.05) is 6.92 Å². The molecule has 0 aromatic heterocycles. The maximum Gasteiger partial charge on any atom is 0.264 e. The van der Waals surface area contributed by atoms with Crippen LogP contribution in [-0.2, 0) is 14.8 Å². The quantitative estimate of drug-likeness (QED) is 0.812. The molecule has 100 valence electrons. The van der Waals surface area contributed by atoms with E-state index in [0.717, 1.165) is 5.75 Å². The lowest BCUT2D eigenvalue weighted by atomic mass is 10.2. The number of carbonyl (C=O) groups excluding carboxylic acids is 1. The lowest BCUT2D eigenvalue weighted by molar-refractivity contribution is -0.118. The van der Waals surface area contributed by atoms with E-state index in [9.17, 15) is 13.2 Å². The van der Waals surface area contributed by atoms with E-state index >= 15 is 0 Å². The number of rotatable bonds is 6. The lowest BCUT2D eigenvalue weighted by Gasteiger charge is -2.08. The maximum atomic E-state index is 12.0. The number of carbonyl (C=O) groups is 1. The van der Waals surface area contributed by atoms with Gasteiger partial charge in [0.05, 0.1) is 4.90 Å². The Morgan fingerprint density at radius 1 is 1.33 bits per heavy atom. The van der Waals surface area contributed by atoms with Gasteiger partial charge < -0.3 is 0 Å². The van der Waals surface area contributed by atoms with Crippen LogP contribution in [0.1, 0.15) is 18.9 Å². The molecule has 0 aliphatic heterocycles. The van der Waals surface area contributed by atoms with Crippen molar-refractivity contribution in [2.45, 2.75) is 25.2 Å². The normalized spacial score (nSPS) is 11.2. The molecular weight excluding hydrogens is 270 g/mol. The van der Waals surface area contributed by atoms with Gasteiger partial charge in [-0.25, -0.2) is 13.1 Å². The molecule has 0 radical (unpaired) electrons. The van der Waals surface area contributed by atoms with Crippen LogP contribution in [0.2, 0.25) is 0 Å². The number of amides is 1. The van der Waals surface area contributed by atoms with Crippen LogP contribution in [0.4, 0.5) is 0 Å². The number of aryl methyl sites for hydroxylation is 1. The largest absolute Gasteiger partial charge is 0.274 e. The van der Waals surface area contributed by atoms with Crippen LogP contribution < -0.4 is 4.72 Å². The van der Waals surface area contributed by atoms with E-state index in [0.29, 0.717) is 11.3 Å². The molecule has 0 bridgehead atoms. The van der Waals surface area contributed by atoms with Crippen molar-refractivity contribution in [2.75, 3.05) is 11.5 Å². The Balaban J connectivity index is 2.71. The summed E-state index contributed by atoms with van der Waals surface area (Å²) >= 11 is 1.61. The van der Waals surface area contributed by atoms with Crippen LogP contribution >= 0.6 is 11.8 Å². The Hall–Kier alpha value is -1.01. The van der Waals surface area contributed by atoms with Gasteiger partial charge >= 0.3 is 0 Å². The molecule has 0 fully saturated rings. The summed E-state index contributed by atoms with van der Waals surface area (Å²) in [5.41, 5.74) is 0.626. The minimum atomic E-state index is -3.74. The van der Waals surface area contributed by atoms with Crippen LogP contribution in [-0.4, -0.2) is 25.8 Å². The molecule has 1 N–H and O–H groups in total. The van der Waals surface area contributed by atoms with Crippen molar-refractivity contribution in [3.63, 3.8) is 0 Å².